The number of hydrogen-bond donors (Lipinski definition) is 2. The van der Waals surface area contributed by atoms with Crippen LogP contribution in [-0.4, -0.2) is 53.3 Å². The van der Waals surface area contributed by atoms with Gasteiger partial charge in [0.25, 0.3) is 5.91 Å². The summed E-state index contributed by atoms with van der Waals surface area (Å²) >= 11 is 0.974. The third kappa shape index (κ3) is 4.77. The van der Waals surface area contributed by atoms with Crippen LogP contribution >= 0.6 is 11.3 Å². The van der Waals surface area contributed by atoms with Gasteiger partial charge in [-0.2, -0.15) is 0 Å². The molecule has 11 heteroatoms. The summed E-state index contributed by atoms with van der Waals surface area (Å²) in [6.45, 7) is -0.226. The second-order valence-electron chi connectivity index (χ2n) is 6.61. The van der Waals surface area contributed by atoms with E-state index in [1.54, 1.807) is 0 Å². The molecule has 0 fully saturated rings. The van der Waals surface area contributed by atoms with Crippen LogP contribution in [0, 0.1) is 11.6 Å². The Morgan fingerprint density at radius 3 is 2.68 bits per heavy atom. The lowest BCUT2D eigenvalue weighted by Gasteiger charge is -2.32. The van der Waals surface area contributed by atoms with Crippen LogP contribution in [0.1, 0.15) is 6.42 Å². The summed E-state index contributed by atoms with van der Waals surface area (Å²) in [5.41, 5.74) is 0.397. The van der Waals surface area contributed by atoms with E-state index in [-0.39, 0.29) is 23.5 Å². The number of amides is 3. The van der Waals surface area contributed by atoms with Crippen LogP contribution in [0.15, 0.2) is 41.9 Å². The Morgan fingerprint density at radius 1 is 1.26 bits per heavy atom. The number of anilines is 1. The zero-order valence-electron chi connectivity index (χ0n) is 16.2. The molecule has 0 saturated heterocycles. The zero-order valence-corrected chi connectivity index (χ0v) is 17.0. The monoisotopic (exact) mass is 449 g/mol. The van der Waals surface area contributed by atoms with E-state index in [4.69, 9.17) is 5.11 Å². The van der Waals surface area contributed by atoms with Crippen molar-refractivity contribution in [2.45, 2.75) is 12.5 Å². The number of aliphatic carboxylic acids is 1. The lowest BCUT2D eigenvalue weighted by atomic mass is 10.1. The number of nitrogens with zero attached hydrogens (tertiary/aromatic N) is 2. The SMILES string of the molecule is CN1C=CC(=O)C(N(C(=O)NCCC(=O)O)c2cc(-c3ccc(F)cc3F)cs2)C1=O. The van der Waals surface area contributed by atoms with Crippen molar-refractivity contribution in [1.29, 1.82) is 0 Å². The van der Waals surface area contributed by atoms with Gasteiger partial charge in [-0.1, -0.05) is 0 Å². The first kappa shape index (κ1) is 22.1. The number of halogens is 2. The van der Waals surface area contributed by atoms with Gasteiger partial charge in [-0.05, 0) is 23.8 Å². The van der Waals surface area contributed by atoms with E-state index in [2.05, 4.69) is 5.32 Å². The molecule has 0 spiro atoms. The molecule has 1 aliphatic rings. The molecule has 1 atom stereocenters. The maximum Gasteiger partial charge on any atom is 0.323 e. The number of urea groups is 1. The van der Waals surface area contributed by atoms with Gasteiger partial charge in [0.2, 0.25) is 0 Å². The van der Waals surface area contributed by atoms with Crippen molar-refractivity contribution in [2.24, 2.45) is 0 Å². The first-order chi connectivity index (χ1) is 14.7. The molecule has 3 rings (SSSR count). The smallest absolute Gasteiger partial charge is 0.323 e. The van der Waals surface area contributed by atoms with Crippen molar-refractivity contribution in [3.8, 4) is 11.1 Å². The number of carboxylic acid groups (broad SMARTS) is 1. The Morgan fingerprint density at radius 2 is 2.00 bits per heavy atom. The van der Waals surface area contributed by atoms with Gasteiger partial charge >= 0.3 is 12.0 Å². The summed E-state index contributed by atoms with van der Waals surface area (Å²) in [6.07, 6.45) is 2.07. The minimum absolute atomic E-state index is 0.0773. The van der Waals surface area contributed by atoms with Crippen molar-refractivity contribution in [3.63, 3.8) is 0 Å². The quantitative estimate of drug-likeness (QED) is 0.660. The molecule has 1 aliphatic heterocycles. The molecule has 162 valence electrons. The van der Waals surface area contributed by atoms with E-state index >= 15 is 0 Å². The molecule has 0 saturated carbocycles. The number of carbonyl (C=O) groups excluding carboxylic acids is 3. The van der Waals surface area contributed by atoms with Crippen LogP contribution in [0.4, 0.5) is 18.6 Å². The highest BCUT2D eigenvalue weighted by Gasteiger charge is 2.40. The molecule has 1 aromatic heterocycles. The first-order valence-electron chi connectivity index (χ1n) is 9.00. The van der Waals surface area contributed by atoms with Gasteiger partial charge in [-0.3, -0.25) is 19.3 Å². The summed E-state index contributed by atoms with van der Waals surface area (Å²) in [4.78, 5) is 50.8. The largest absolute Gasteiger partial charge is 0.481 e. The molecule has 31 heavy (non-hydrogen) atoms. The van der Waals surface area contributed by atoms with Crippen LogP contribution in [0.3, 0.4) is 0 Å². The standard InChI is InChI=1S/C20H17F2N3O5S/c1-24-7-5-15(26)18(19(24)29)25(20(30)23-6-4-17(27)28)16-8-11(10-31-16)13-3-2-12(21)9-14(13)22/h2-3,5,7-10,18H,4,6H2,1H3,(H,23,30)(H,27,28). The van der Waals surface area contributed by atoms with Crippen LogP contribution in [-0.2, 0) is 14.4 Å². The zero-order chi connectivity index (χ0) is 22.7. The molecule has 3 amide bonds. The molecule has 1 unspecified atom stereocenters. The highest BCUT2D eigenvalue weighted by Crippen LogP contribution is 2.35. The van der Waals surface area contributed by atoms with E-state index in [0.717, 1.165) is 39.3 Å². The number of thiophene rings is 1. The number of nitrogens with one attached hydrogen (secondary N) is 1. The molecule has 0 bridgehead atoms. The minimum atomic E-state index is -1.51. The molecule has 0 aliphatic carbocycles. The summed E-state index contributed by atoms with van der Waals surface area (Å²) in [5.74, 6) is -3.99. The summed E-state index contributed by atoms with van der Waals surface area (Å²) in [5, 5.41) is 12.8. The van der Waals surface area contributed by atoms with Crippen molar-refractivity contribution < 1.29 is 33.1 Å². The third-order valence-corrected chi connectivity index (χ3v) is 5.40. The summed E-state index contributed by atoms with van der Waals surface area (Å²) in [7, 11) is 1.42. The molecule has 1 aromatic carbocycles. The number of rotatable bonds is 6. The summed E-state index contributed by atoms with van der Waals surface area (Å²) in [6, 6.07) is 2.07. The normalized spacial score (nSPS) is 15.8. The molecule has 8 nitrogen and oxygen atoms in total. The van der Waals surface area contributed by atoms with Crippen LogP contribution in [0.5, 0.6) is 0 Å². The minimum Gasteiger partial charge on any atom is -0.481 e. The number of benzene rings is 1. The molecule has 2 N–H and O–H groups in total. The van der Waals surface area contributed by atoms with Gasteiger partial charge in [0.15, 0.2) is 11.8 Å². The topological polar surface area (TPSA) is 107 Å². The Labute approximate surface area is 179 Å². The third-order valence-electron chi connectivity index (χ3n) is 4.47. The van der Waals surface area contributed by atoms with Gasteiger partial charge < -0.3 is 15.3 Å². The van der Waals surface area contributed by atoms with Gasteiger partial charge in [-0.15, -0.1) is 11.3 Å². The lowest BCUT2D eigenvalue weighted by Crippen LogP contribution is -2.57. The fraction of sp³-hybridized carbons (Fsp3) is 0.200. The van der Waals surface area contributed by atoms with E-state index < -0.39 is 41.4 Å². The highest BCUT2D eigenvalue weighted by atomic mass is 32.1. The van der Waals surface area contributed by atoms with Crippen LogP contribution < -0.4 is 10.2 Å². The Hall–Kier alpha value is -3.60. The molecule has 2 heterocycles. The maximum absolute atomic E-state index is 14.2. The van der Waals surface area contributed by atoms with Crippen LogP contribution in [0.25, 0.3) is 11.1 Å². The fourth-order valence-corrected chi connectivity index (χ4v) is 3.86. The van der Waals surface area contributed by atoms with Gasteiger partial charge in [0, 0.05) is 42.9 Å². The number of hydrogen-bond acceptors (Lipinski definition) is 5. The maximum atomic E-state index is 14.2. The molecular weight excluding hydrogens is 432 g/mol. The van der Waals surface area contributed by atoms with Crippen molar-refractivity contribution >= 4 is 40.0 Å². The summed E-state index contributed by atoms with van der Waals surface area (Å²) < 4.78 is 27.4. The second kappa shape index (κ2) is 9.04. The average Bonchev–Trinajstić information content (AvgIpc) is 3.17. The highest BCUT2D eigenvalue weighted by molar-refractivity contribution is 7.14. The first-order valence-corrected chi connectivity index (χ1v) is 9.88. The lowest BCUT2D eigenvalue weighted by molar-refractivity contribution is -0.137. The Kier molecular flexibility index (Phi) is 6.44. The second-order valence-corrected chi connectivity index (χ2v) is 7.50. The van der Waals surface area contributed by atoms with Gasteiger partial charge in [-0.25, -0.2) is 13.6 Å². The molecular formula is C20H17F2N3O5S. The van der Waals surface area contributed by atoms with Crippen molar-refractivity contribution in [2.75, 3.05) is 18.5 Å². The number of carboxylic acids is 1. The molecule has 2 aromatic rings. The van der Waals surface area contributed by atoms with Crippen molar-refractivity contribution in [1.82, 2.24) is 10.2 Å². The van der Waals surface area contributed by atoms with Crippen LogP contribution in [0.2, 0.25) is 0 Å². The van der Waals surface area contributed by atoms with Crippen molar-refractivity contribution in [3.05, 3.63) is 53.6 Å². The van der Waals surface area contributed by atoms with Gasteiger partial charge in [0.05, 0.1) is 6.42 Å². The van der Waals surface area contributed by atoms with E-state index in [9.17, 15) is 28.0 Å². The average molecular weight is 449 g/mol. The Balaban J connectivity index is 1.98. The number of carbonyl (C=O) groups is 4. The fourth-order valence-electron chi connectivity index (χ4n) is 2.92. The predicted octanol–water partition coefficient (Wildman–Crippen LogP) is 2.61. The molecule has 0 radical (unpaired) electrons. The van der Waals surface area contributed by atoms with Gasteiger partial charge in [0.1, 0.15) is 16.6 Å². The predicted molar refractivity (Wildman–Crippen MR) is 109 cm³/mol. The Bertz CT molecular complexity index is 1080. The van der Waals surface area contributed by atoms with E-state index in [1.165, 1.54) is 30.8 Å². The number of likely N-dealkylation sites (N-methyl/N-ethyl adjacent to an activating group) is 1. The van der Waals surface area contributed by atoms with E-state index in [1.807, 2.05) is 0 Å². The number of ketones is 1. The van der Waals surface area contributed by atoms with E-state index in [0.29, 0.717) is 5.56 Å².